The van der Waals surface area contributed by atoms with E-state index in [2.05, 4.69) is 5.32 Å². The van der Waals surface area contributed by atoms with Gasteiger partial charge in [0.25, 0.3) is 11.8 Å². The highest BCUT2D eigenvalue weighted by Crippen LogP contribution is 2.16. The summed E-state index contributed by atoms with van der Waals surface area (Å²) in [7, 11) is 1.61. The van der Waals surface area contributed by atoms with Crippen molar-refractivity contribution in [1.82, 2.24) is 4.90 Å². The summed E-state index contributed by atoms with van der Waals surface area (Å²) < 4.78 is 15.7. The lowest BCUT2D eigenvalue weighted by Crippen LogP contribution is -2.40. The molecule has 1 heterocycles. The van der Waals surface area contributed by atoms with Crippen LogP contribution < -0.4 is 10.1 Å². The van der Waals surface area contributed by atoms with Crippen molar-refractivity contribution in [2.24, 2.45) is 0 Å². The van der Waals surface area contributed by atoms with Gasteiger partial charge in [-0.2, -0.15) is 0 Å². The van der Waals surface area contributed by atoms with E-state index in [4.69, 9.17) is 14.2 Å². The second-order valence-electron chi connectivity index (χ2n) is 6.30. The minimum absolute atomic E-state index is 0.0229. The van der Waals surface area contributed by atoms with Gasteiger partial charge in [0.1, 0.15) is 12.4 Å². The third-order valence-electron chi connectivity index (χ3n) is 4.36. The van der Waals surface area contributed by atoms with Gasteiger partial charge in [0, 0.05) is 37.0 Å². The van der Waals surface area contributed by atoms with Gasteiger partial charge in [0.05, 0.1) is 19.8 Å². The Kier molecular flexibility index (Phi) is 7.00. The van der Waals surface area contributed by atoms with Crippen molar-refractivity contribution in [3.05, 3.63) is 59.7 Å². The van der Waals surface area contributed by atoms with Crippen LogP contribution in [0.25, 0.3) is 0 Å². The van der Waals surface area contributed by atoms with Crippen LogP contribution in [0.1, 0.15) is 20.7 Å². The zero-order valence-electron chi connectivity index (χ0n) is 15.8. The van der Waals surface area contributed by atoms with Gasteiger partial charge in [0.15, 0.2) is 0 Å². The fourth-order valence-corrected chi connectivity index (χ4v) is 2.79. The van der Waals surface area contributed by atoms with Gasteiger partial charge in [-0.3, -0.25) is 9.59 Å². The van der Waals surface area contributed by atoms with Crippen LogP contribution >= 0.6 is 0 Å². The van der Waals surface area contributed by atoms with Gasteiger partial charge in [-0.1, -0.05) is 0 Å². The molecule has 0 radical (unpaired) electrons. The van der Waals surface area contributed by atoms with Crippen molar-refractivity contribution in [2.75, 3.05) is 51.9 Å². The van der Waals surface area contributed by atoms with E-state index >= 15 is 0 Å². The van der Waals surface area contributed by atoms with Gasteiger partial charge in [-0.25, -0.2) is 0 Å². The van der Waals surface area contributed by atoms with E-state index in [1.165, 1.54) is 0 Å². The first-order valence-corrected chi connectivity index (χ1v) is 9.17. The molecule has 0 unspecified atom stereocenters. The summed E-state index contributed by atoms with van der Waals surface area (Å²) in [5, 5.41) is 2.83. The van der Waals surface area contributed by atoms with Gasteiger partial charge < -0.3 is 24.4 Å². The van der Waals surface area contributed by atoms with Crippen molar-refractivity contribution < 1.29 is 23.8 Å². The highest BCUT2D eigenvalue weighted by Gasteiger charge is 2.18. The average molecular weight is 384 g/mol. The normalized spacial score (nSPS) is 13.8. The van der Waals surface area contributed by atoms with E-state index in [0.29, 0.717) is 62.1 Å². The Morgan fingerprint density at radius 2 is 1.61 bits per heavy atom. The molecule has 3 rings (SSSR count). The topological polar surface area (TPSA) is 77.1 Å². The van der Waals surface area contributed by atoms with Crippen LogP contribution in [0.2, 0.25) is 0 Å². The molecule has 2 amide bonds. The third kappa shape index (κ3) is 5.31. The molecule has 148 valence electrons. The number of methoxy groups -OCH3 is 1. The summed E-state index contributed by atoms with van der Waals surface area (Å²) in [6, 6.07) is 13.8. The predicted molar refractivity (Wildman–Crippen MR) is 105 cm³/mol. The third-order valence-corrected chi connectivity index (χ3v) is 4.36. The van der Waals surface area contributed by atoms with E-state index in [1.807, 2.05) is 0 Å². The number of rotatable bonds is 7. The number of amides is 2. The Bertz CT molecular complexity index is 783. The summed E-state index contributed by atoms with van der Waals surface area (Å²) in [5.74, 6) is 0.431. The molecular formula is C21H24N2O5. The fourth-order valence-electron chi connectivity index (χ4n) is 2.79. The van der Waals surface area contributed by atoms with Gasteiger partial charge in [-0.05, 0) is 48.5 Å². The van der Waals surface area contributed by atoms with Crippen molar-refractivity contribution >= 4 is 17.5 Å². The molecule has 7 heteroatoms. The number of hydrogen-bond acceptors (Lipinski definition) is 5. The van der Waals surface area contributed by atoms with Gasteiger partial charge in [-0.15, -0.1) is 0 Å². The number of nitrogens with zero attached hydrogens (tertiary/aromatic N) is 1. The molecule has 1 fully saturated rings. The molecule has 1 saturated heterocycles. The number of benzene rings is 2. The van der Waals surface area contributed by atoms with Crippen LogP contribution in [0, 0.1) is 0 Å². The molecule has 2 aromatic carbocycles. The molecule has 7 nitrogen and oxygen atoms in total. The van der Waals surface area contributed by atoms with E-state index in [9.17, 15) is 9.59 Å². The van der Waals surface area contributed by atoms with Crippen molar-refractivity contribution in [2.45, 2.75) is 0 Å². The maximum absolute atomic E-state index is 12.4. The molecule has 2 aromatic rings. The molecule has 0 aliphatic carbocycles. The number of anilines is 1. The summed E-state index contributed by atoms with van der Waals surface area (Å²) in [6.45, 7) is 3.29. The molecule has 0 spiro atoms. The predicted octanol–water partition coefficient (Wildman–Crippen LogP) is 2.44. The van der Waals surface area contributed by atoms with E-state index in [0.717, 1.165) is 0 Å². The monoisotopic (exact) mass is 384 g/mol. The van der Waals surface area contributed by atoms with E-state index in [-0.39, 0.29) is 11.8 Å². The van der Waals surface area contributed by atoms with Crippen LogP contribution in [0.15, 0.2) is 48.5 Å². The van der Waals surface area contributed by atoms with Crippen LogP contribution in [0.5, 0.6) is 5.75 Å². The summed E-state index contributed by atoms with van der Waals surface area (Å²) in [4.78, 5) is 26.6. The first kappa shape index (κ1) is 19.9. The Balaban J connectivity index is 1.56. The maximum Gasteiger partial charge on any atom is 0.255 e. The Hall–Kier alpha value is -2.90. The lowest BCUT2D eigenvalue weighted by molar-refractivity contribution is 0.0303. The standard InChI is InChI=1S/C21H24N2O5/c1-26-14-15-28-19-8-4-16(5-9-19)20(24)22-18-6-2-17(3-7-18)21(25)23-10-12-27-13-11-23/h2-9H,10-15H2,1H3,(H,22,24). The summed E-state index contributed by atoms with van der Waals surface area (Å²) >= 11 is 0. The second kappa shape index (κ2) is 9.87. The zero-order valence-corrected chi connectivity index (χ0v) is 15.8. The smallest absolute Gasteiger partial charge is 0.255 e. The number of nitrogens with one attached hydrogen (secondary N) is 1. The van der Waals surface area contributed by atoms with E-state index in [1.54, 1.807) is 60.5 Å². The summed E-state index contributed by atoms with van der Waals surface area (Å²) in [5.41, 5.74) is 1.74. The van der Waals surface area contributed by atoms with Crippen LogP contribution in [0.3, 0.4) is 0 Å². The average Bonchev–Trinajstić information content (AvgIpc) is 2.75. The van der Waals surface area contributed by atoms with Gasteiger partial charge in [0.2, 0.25) is 0 Å². The first-order chi connectivity index (χ1) is 13.7. The second-order valence-corrected chi connectivity index (χ2v) is 6.30. The first-order valence-electron chi connectivity index (χ1n) is 9.17. The fraction of sp³-hybridized carbons (Fsp3) is 0.333. The molecule has 0 saturated carbocycles. The molecular weight excluding hydrogens is 360 g/mol. The highest BCUT2D eigenvalue weighted by molar-refractivity contribution is 6.04. The largest absolute Gasteiger partial charge is 0.491 e. The van der Waals surface area contributed by atoms with Gasteiger partial charge >= 0.3 is 0 Å². The highest BCUT2D eigenvalue weighted by atomic mass is 16.5. The lowest BCUT2D eigenvalue weighted by Gasteiger charge is -2.26. The maximum atomic E-state index is 12.4. The SMILES string of the molecule is COCCOc1ccc(C(=O)Nc2ccc(C(=O)N3CCOCC3)cc2)cc1. The minimum atomic E-state index is -0.226. The molecule has 0 bridgehead atoms. The molecule has 28 heavy (non-hydrogen) atoms. The van der Waals surface area contributed by atoms with Crippen LogP contribution in [0.4, 0.5) is 5.69 Å². The Morgan fingerprint density at radius 3 is 2.25 bits per heavy atom. The Labute approximate surface area is 164 Å². The lowest BCUT2D eigenvalue weighted by atomic mass is 10.1. The minimum Gasteiger partial charge on any atom is -0.491 e. The van der Waals surface area contributed by atoms with Crippen molar-refractivity contribution in [1.29, 1.82) is 0 Å². The molecule has 1 aliphatic rings. The number of ether oxygens (including phenoxy) is 3. The molecule has 0 atom stereocenters. The number of carbonyl (C=O) groups is 2. The molecule has 0 aromatic heterocycles. The van der Waals surface area contributed by atoms with Crippen LogP contribution in [-0.2, 0) is 9.47 Å². The number of morpholine rings is 1. The summed E-state index contributed by atoms with van der Waals surface area (Å²) in [6.07, 6.45) is 0. The zero-order chi connectivity index (χ0) is 19.8. The van der Waals surface area contributed by atoms with Crippen molar-refractivity contribution in [3.63, 3.8) is 0 Å². The Morgan fingerprint density at radius 1 is 0.964 bits per heavy atom. The van der Waals surface area contributed by atoms with Crippen molar-refractivity contribution in [3.8, 4) is 5.75 Å². The number of carbonyl (C=O) groups excluding carboxylic acids is 2. The van der Waals surface area contributed by atoms with E-state index < -0.39 is 0 Å². The molecule has 1 aliphatic heterocycles. The quantitative estimate of drug-likeness (QED) is 0.742. The molecule has 1 N–H and O–H groups in total. The van der Waals surface area contributed by atoms with Crippen LogP contribution in [-0.4, -0.2) is 63.3 Å². The number of hydrogen-bond donors (Lipinski definition) is 1.